The first-order chi connectivity index (χ1) is 6.58. The molecule has 0 aliphatic carbocycles. The molecule has 0 bridgehead atoms. The summed E-state index contributed by atoms with van der Waals surface area (Å²) in [5.41, 5.74) is 1.41. The van der Waals surface area contributed by atoms with Crippen molar-refractivity contribution in [3.05, 3.63) is 33.4 Å². The monoisotopic (exact) mass is 303 g/mol. The van der Waals surface area contributed by atoms with Gasteiger partial charge >= 0.3 is 0 Å². The first-order valence-corrected chi connectivity index (χ1v) is 6.16. The molecule has 1 aromatic rings. The number of nitrogens with one attached hydrogen (secondary N) is 1. The Kier molecular flexibility index (Phi) is 4.89. The zero-order valence-corrected chi connectivity index (χ0v) is 11.2. The lowest BCUT2D eigenvalue weighted by molar-refractivity contribution is 0.488. The van der Waals surface area contributed by atoms with Crippen LogP contribution in [0.2, 0.25) is 0 Å². The fourth-order valence-electron chi connectivity index (χ4n) is 1.60. The highest BCUT2D eigenvalue weighted by Crippen LogP contribution is 2.08. The zero-order chi connectivity index (χ0) is 10.6. The highest BCUT2D eigenvalue weighted by Gasteiger charge is 2.04. The highest BCUT2D eigenvalue weighted by molar-refractivity contribution is 14.1. The van der Waals surface area contributed by atoms with Gasteiger partial charge < -0.3 is 5.32 Å². The van der Waals surface area contributed by atoms with Gasteiger partial charge in [0.25, 0.3) is 0 Å². The van der Waals surface area contributed by atoms with Crippen LogP contribution in [0.15, 0.2) is 24.3 Å². The Balaban J connectivity index is 2.47. The summed E-state index contributed by atoms with van der Waals surface area (Å²) in [5.74, 6) is 0. The number of halogens is 1. The second kappa shape index (κ2) is 5.71. The molecule has 0 aliphatic heterocycles. The number of hydrogen-bond acceptors (Lipinski definition) is 1. The molecular formula is C12H18IN. The summed E-state index contributed by atoms with van der Waals surface area (Å²) in [6.07, 6.45) is 1.11. The van der Waals surface area contributed by atoms with E-state index in [4.69, 9.17) is 0 Å². The molecule has 78 valence electrons. The van der Waals surface area contributed by atoms with Gasteiger partial charge in [-0.1, -0.05) is 26.0 Å². The largest absolute Gasteiger partial charge is 0.312 e. The molecule has 1 N–H and O–H groups in total. The van der Waals surface area contributed by atoms with Crippen LogP contribution in [0.5, 0.6) is 0 Å². The fourth-order valence-corrected chi connectivity index (χ4v) is 1.96. The van der Waals surface area contributed by atoms with Gasteiger partial charge in [-0.15, -0.1) is 0 Å². The van der Waals surface area contributed by atoms with Crippen molar-refractivity contribution in [3.63, 3.8) is 0 Å². The number of benzene rings is 1. The van der Waals surface area contributed by atoms with Crippen LogP contribution in [0, 0.1) is 3.57 Å². The van der Waals surface area contributed by atoms with E-state index in [2.05, 4.69) is 72.9 Å². The van der Waals surface area contributed by atoms with E-state index in [9.17, 15) is 0 Å². The smallest absolute Gasteiger partial charge is 0.0130 e. The molecule has 0 aromatic heterocycles. The van der Waals surface area contributed by atoms with Crippen molar-refractivity contribution in [2.24, 2.45) is 0 Å². The number of rotatable bonds is 4. The van der Waals surface area contributed by atoms with Crippen LogP contribution in [0.25, 0.3) is 0 Å². The maximum absolute atomic E-state index is 3.50. The predicted molar refractivity (Wildman–Crippen MR) is 70.6 cm³/mol. The minimum atomic E-state index is 0.551. The van der Waals surface area contributed by atoms with E-state index >= 15 is 0 Å². The van der Waals surface area contributed by atoms with E-state index in [0.29, 0.717) is 12.1 Å². The Morgan fingerprint density at radius 3 is 2.21 bits per heavy atom. The van der Waals surface area contributed by atoms with Gasteiger partial charge in [-0.25, -0.2) is 0 Å². The minimum Gasteiger partial charge on any atom is -0.312 e. The first-order valence-electron chi connectivity index (χ1n) is 5.08. The molecule has 0 aliphatic rings. The van der Waals surface area contributed by atoms with Crippen molar-refractivity contribution in [2.45, 2.75) is 39.3 Å². The summed E-state index contributed by atoms with van der Waals surface area (Å²) >= 11 is 2.33. The molecule has 2 heteroatoms. The van der Waals surface area contributed by atoms with Gasteiger partial charge in [0.2, 0.25) is 0 Å². The lowest BCUT2D eigenvalue weighted by Crippen LogP contribution is -2.33. The molecule has 0 fully saturated rings. The molecule has 0 heterocycles. The molecule has 1 atom stereocenters. The summed E-state index contributed by atoms with van der Waals surface area (Å²) < 4.78 is 1.30. The molecule has 0 amide bonds. The van der Waals surface area contributed by atoms with E-state index in [1.165, 1.54) is 9.13 Å². The van der Waals surface area contributed by atoms with Crippen LogP contribution >= 0.6 is 22.6 Å². The van der Waals surface area contributed by atoms with Gasteiger partial charge in [0.1, 0.15) is 0 Å². The lowest BCUT2D eigenvalue weighted by atomic mass is 10.1. The maximum Gasteiger partial charge on any atom is 0.0130 e. The van der Waals surface area contributed by atoms with E-state index in [1.54, 1.807) is 0 Å². The molecule has 0 radical (unpaired) electrons. The summed E-state index contributed by atoms with van der Waals surface area (Å²) in [6, 6.07) is 9.86. The molecule has 0 spiro atoms. The second-order valence-corrected chi connectivity index (χ2v) is 5.30. The van der Waals surface area contributed by atoms with E-state index < -0.39 is 0 Å². The van der Waals surface area contributed by atoms with Gasteiger partial charge in [0, 0.05) is 15.7 Å². The fraction of sp³-hybridized carbons (Fsp3) is 0.500. The van der Waals surface area contributed by atoms with Crippen molar-refractivity contribution in [1.29, 1.82) is 0 Å². The van der Waals surface area contributed by atoms with Gasteiger partial charge in [0.15, 0.2) is 0 Å². The van der Waals surface area contributed by atoms with Crippen molar-refractivity contribution in [1.82, 2.24) is 5.32 Å². The van der Waals surface area contributed by atoms with Gasteiger partial charge in [-0.3, -0.25) is 0 Å². The summed E-state index contributed by atoms with van der Waals surface area (Å²) in [5, 5.41) is 3.50. The highest BCUT2D eigenvalue weighted by atomic mass is 127. The van der Waals surface area contributed by atoms with Crippen LogP contribution in [-0.4, -0.2) is 12.1 Å². The average molecular weight is 303 g/mol. The average Bonchev–Trinajstić information content (AvgIpc) is 2.07. The van der Waals surface area contributed by atoms with E-state index in [1.807, 2.05) is 0 Å². The molecule has 1 nitrogen and oxygen atoms in total. The second-order valence-electron chi connectivity index (χ2n) is 4.05. The quantitative estimate of drug-likeness (QED) is 0.842. The molecule has 0 saturated carbocycles. The summed E-state index contributed by atoms with van der Waals surface area (Å²) in [6.45, 7) is 6.60. The zero-order valence-electron chi connectivity index (χ0n) is 9.05. The van der Waals surface area contributed by atoms with Crippen molar-refractivity contribution < 1.29 is 0 Å². The van der Waals surface area contributed by atoms with Crippen LogP contribution in [-0.2, 0) is 6.42 Å². The Morgan fingerprint density at radius 2 is 1.71 bits per heavy atom. The predicted octanol–water partition coefficient (Wildman–Crippen LogP) is 3.22. The van der Waals surface area contributed by atoms with Crippen molar-refractivity contribution in [3.8, 4) is 0 Å². The SMILES string of the molecule is CC(C)N[C@@H](C)Cc1ccc(I)cc1. The van der Waals surface area contributed by atoms with Crippen LogP contribution in [0.1, 0.15) is 26.3 Å². The van der Waals surface area contributed by atoms with Crippen LogP contribution < -0.4 is 5.32 Å². The van der Waals surface area contributed by atoms with Crippen LogP contribution in [0.3, 0.4) is 0 Å². The Labute approximate surface area is 100 Å². The van der Waals surface area contributed by atoms with Crippen molar-refractivity contribution in [2.75, 3.05) is 0 Å². The molecule has 0 unspecified atom stereocenters. The molecule has 1 rings (SSSR count). The normalized spacial score (nSPS) is 13.2. The number of hydrogen-bond donors (Lipinski definition) is 1. The third-order valence-corrected chi connectivity index (χ3v) is 2.79. The van der Waals surface area contributed by atoms with E-state index in [0.717, 1.165) is 6.42 Å². The minimum absolute atomic E-state index is 0.551. The lowest BCUT2D eigenvalue weighted by Gasteiger charge is -2.16. The van der Waals surface area contributed by atoms with Crippen LogP contribution in [0.4, 0.5) is 0 Å². The Hall–Kier alpha value is -0.0900. The summed E-state index contributed by atoms with van der Waals surface area (Å²) in [4.78, 5) is 0. The standard InChI is InChI=1S/C12H18IN/c1-9(2)14-10(3)8-11-4-6-12(13)7-5-11/h4-7,9-10,14H,8H2,1-3H3/t10-/m0/s1. The topological polar surface area (TPSA) is 12.0 Å². The Bertz CT molecular complexity index is 266. The third-order valence-electron chi connectivity index (χ3n) is 2.07. The van der Waals surface area contributed by atoms with E-state index in [-0.39, 0.29) is 0 Å². The maximum atomic E-state index is 3.50. The Morgan fingerprint density at radius 1 is 1.14 bits per heavy atom. The molecule has 0 saturated heterocycles. The summed E-state index contributed by atoms with van der Waals surface area (Å²) in [7, 11) is 0. The molecule has 14 heavy (non-hydrogen) atoms. The molecular weight excluding hydrogens is 285 g/mol. The van der Waals surface area contributed by atoms with Gasteiger partial charge in [-0.05, 0) is 53.6 Å². The van der Waals surface area contributed by atoms with Gasteiger partial charge in [0.05, 0.1) is 0 Å². The molecule has 1 aromatic carbocycles. The first kappa shape index (κ1) is 12.0. The van der Waals surface area contributed by atoms with Crippen molar-refractivity contribution >= 4 is 22.6 Å². The third kappa shape index (κ3) is 4.42. The van der Waals surface area contributed by atoms with Gasteiger partial charge in [-0.2, -0.15) is 0 Å².